The third-order valence-electron chi connectivity index (χ3n) is 4.53. The summed E-state index contributed by atoms with van der Waals surface area (Å²) >= 11 is 0. The molecule has 7 nitrogen and oxygen atoms in total. The van der Waals surface area contributed by atoms with Crippen LogP contribution >= 0.6 is 0 Å². The van der Waals surface area contributed by atoms with Crippen LogP contribution in [0.3, 0.4) is 0 Å². The lowest BCUT2D eigenvalue weighted by Crippen LogP contribution is -2.15. The fourth-order valence-corrected chi connectivity index (χ4v) is 4.13. The van der Waals surface area contributed by atoms with E-state index in [1.807, 2.05) is 24.3 Å². The smallest absolute Gasteiger partial charge is 0.229 e. The summed E-state index contributed by atoms with van der Waals surface area (Å²) < 4.78 is 27.6. The molecule has 2 aromatic carbocycles. The lowest BCUT2D eigenvalue weighted by molar-refractivity contribution is 0.592. The third-order valence-corrected chi connectivity index (χ3v) is 6.19. The summed E-state index contributed by atoms with van der Waals surface area (Å²) in [5, 5.41) is 12.1. The normalized spacial score (nSPS) is 13.1. The van der Waals surface area contributed by atoms with Gasteiger partial charge in [-0.1, -0.05) is 42.5 Å². The number of nitrogens with zero attached hydrogens (tertiary/aromatic N) is 4. The molecule has 138 valence electrons. The summed E-state index contributed by atoms with van der Waals surface area (Å²) in [6, 6.07) is 16.0. The van der Waals surface area contributed by atoms with Crippen LogP contribution in [0.5, 0.6) is 0 Å². The van der Waals surface area contributed by atoms with Gasteiger partial charge in [-0.2, -0.15) is 4.52 Å². The molecule has 0 fully saturated rings. The van der Waals surface area contributed by atoms with Crippen molar-refractivity contribution >= 4 is 32.2 Å². The first kappa shape index (κ1) is 17.4. The standard InChI is InChI=1S/C19H19N5O2S/c1-3-13(2)20-17-15-11-7-8-12-16(15)24-18(21-17)19(22-23-24)27(25,26)14-9-5-4-6-10-14/h4-13H,3H2,1-2H3,(H,20,21)/t13-/m0/s1. The molecule has 1 atom stereocenters. The molecule has 4 rings (SSSR count). The molecule has 0 saturated heterocycles. The summed E-state index contributed by atoms with van der Waals surface area (Å²) in [5.41, 5.74) is 0.957. The van der Waals surface area contributed by atoms with Crippen LogP contribution < -0.4 is 5.32 Å². The van der Waals surface area contributed by atoms with E-state index in [1.54, 1.807) is 30.3 Å². The number of hydrogen-bond donors (Lipinski definition) is 1. The molecule has 2 heterocycles. The quantitative estimate of drug-likeness (QED) is 0.570. The predicted molar refractivity (Wildman–Crippen MR) is 104 cm³/mol. The second-order valence-electron chi connectivity index (χ2n) is 6.38. The molecule has 0 amide bonds. The monoisotopic (exact) mass is 381 g/mol. The van der Waals surface area contributed by atoms with E-state index >= 15 is 0 Å². The molecule has 0 bridgehead atoms. The molecule has 2 aromatic heterocycles. The van der Waals surface area contributed by atoms with Crippen molar-refractivity contribution in [2.24, 2.45) is 0 Å². The Kier molecular flexibility index (Phi) is 4.27. The fourth-order valence-electron chi connectivity index (χ4n) is 2.88. The minimum atomic E-state index is -3.83. The van der Waals surface area contributed by atoms with Gasteiger partial charge in [0.1, 0.15) is 5.82 Å². The van der Waals surface area contributed by atoms with E-state index in [0.717, 1.165) is 17.3 Å². The van der Waals surface area contributed by atoms with E-state index in [-0.39, 0.29) is 21.6 Å². The first-order valence-electron chi connectivity index (χ1n) is 8.73. The number of aromatic nitrogens is 4. The van der Waals surface area contributed by atoms with Crippen molar-refractivity contribution in [3.8, 4) is 0 Å². The maximum Gasteiger partial charge on any atom is 0.229 e. The Morgan fingerprint density at radius 2 is 1.78 bits per heavy atom. The number of para-hydroxylation sites is 1. The fraction of sp³-hybridized carbons (Fsp3) is 0.211. The highest BCUT2D eigenvalue weighted by atomic mass is 32.2. The topological polar surface area (TPSA) is 89.2 Å². The van der Waals surface area contributed by atoms with Crippen LogP contribution in [0.1, 0.15) is 20.3 Å². The number of sulfone groups is 1. The first-order chi connectivity index (χ1) is 13.0. The van der Waals surface area contributed by atoms with Gasteiger partial charge in [0.15, 0.2) is 5.65 Å². The summed E-state index contributed by atoms with van der Waals surface area (Å²) in [5.74, 6) is 0.624. The number of rotatable bonds is 5. The van der Waals surface area contributed by atoms with E-state index < -0.39 is 9.84 Å². The zero-order valence-electron chi connectivity index (χ0n) is 15.0. The SMILES string of the molecule is CC[C@H](C)Nc1nc2c(S(=O)(=O)c3ccccc3)nnn2c2ccccc12. The number of fused-ring (bicyclic) bond motifs is 3. The van der Waals surface area contributed by atoms with Gasteiger partial charge in [0.05, 0.1) is 10.4 Å². The highest BCUT2D eigenvalue weighted by molar-refractivity contribution is 7.91. The summed E-state index contributed by atoms with van der Waals surface area (Å²) in [6.45, 7) is 4.13. The minimum Gasteiger partial charge on any atom is -0.367 e. The van der Waals surface area contributed by atoms with Gasteiger partial charge in [0, 0.05) is 11.4 Å². The average molecular weight is 381 g/mol. The van der Waals surface area contributed by atoms with E-state index in [9.17, 15) is 8.42 Å². The second kappa shape index (κ2) is 6.62. The molecule has 4 aromatic rings. The molecule has 8 heteroatoms. The first-order valence-corrected chi connectivity index (χ1v) is 10.2. The maximum atomic E-state index is 13.1. The lowest BCUT2D eigenvalue weighted by Gasteiger charge is -2.14. The van der Waals surface area contributed by atoms with Crippen LogP contribution in [0.4, 0.5) is 5.82 Å². The van der Waals surface area contributed by atoms with Crippen molar-refractivity contribution in [1.29, 1.82) is 0 Å². The van der Waals surface area contributed by atoms with Crippen molar-refractivity contribution < 1.29 is 8.42 Å². The van der Waals surface area contributed by atoms with E-state index in [1.165, 1.54) is 4.52 Å². The molecule has 1 N–H and O–H groups in total. The molecule has 0 radical (unpaired) electrons. The Labute approximate surface area is 157 Å². The highest BCUT2D eigenvalue weighted by Crippen LogP contribution is 2.28. The summed E-state index contributed by atoms with van der Waals surface area (Å²) in [7, 11) is -3.83. The second-order valence-corrected chi connectivity index (χ2v) is 8.24. The predicted octanol–water partition coefficient (Wildman–Crippen LogP) is 3.32. The van der Waals surface area contributed by atoms with Gasteiger partial charge in [-0.05, 0) is 37.6 Å². The van der Waals surface area contributed by atoms with Crippen molar-refractivity contribution in [1.82, 2.24) is 19.8 Å². The van der Waals surface area contributed by atoms with Crippen molar-refractivity contribution in [3.05, 3.63) is 54.6 Å². The summed E-state index contributed by atoms with van der Waals surface area (Å²) in [6.07, 6.45) is 0.911. The van der Waals surface area contributed by atoms with Crippen LogP contribution in [-0.4, -0.2) is 34.3 Å². The average Bonchev–Trinajstić information content (AvgIpc) is 3.13. The zero-order chi connectivity index (χ0) is 19.0. The Morgan fingerprint density at radius 1 is 1.07 bits per heavy atom. The van der Waals surface area contributed by atoms with Crippen molar-refractivity contribution in [2.45, 2.75) is 36.2 Å². The number of anilines is 1. The molecule has 0 saturated carbocycles. The molecule has 0 spiro atoms. The number of hydrogen-bond acceptors (Lipinski definition) is 6. The summed E-state index contributed by atoms with van der Waals surface area (Å²) in [4.78, 5) is 4.76. The van der Waals surface area contributed by atoms with E-state index in [0.29, 0.717) is 5.82 Å². The Hall–Kier alpha value is -3.00. The van der Waals surface area contributed by atoms with Crippen LogP contribution in [0, 0.1) is 0 Å². The van der Waals surface area contributed by atoms with Crippen LogP contribution in [-0.2, 0) is 9.84 Å². The molecule has 27 heavy (non-hydrogen) atoms. The third kappa shape index (κ3) is 2.91. The minimum absolute atomic E-state index is 0.147. The van der Waals surface area contributed by atoms with Gasteiger partial charge in [0.2, 0.25) is 14.9 Å². The molecular formula is C19H19N5O2S. The van der Waals surface area contributed by atoms with Gasteiger partial charge in [-0.25, -0.2) is 13.4 Å². The lowest BCUT2D eigenvalue weighted by atomic mass is 10.2. The Bertz CT molecular complexity index is 1220. The van der Waals surface area contributed by atoms with Crippen LogP contribution in [0.15, 0.2) is 64.5 Å². The Balaban J connectivity index is 2.00. The molecule has 0 aliphatic heterocycles. The van der Waals surface area contributed by atoms with Gasteiger partial charge in [-0.15, -0.1) is 5.10 Å². The largest absolute Gasteiger partial charge is 0.367 e. The van der Waals surface area contributed by atoms with Gasteiger partial charge in [-0.3, -0.25) is 0 Å². The van der Waals surface area contributed by atoms with Crippen LogP contribution in [0.2, 0.25) is 0 Å². The van der Waals surface area contributed by atoms with Gasteiger partial charge < -0.3 is 5.32 Å². The molecule has 0 unspecified atom stereocenters. The molecule has 0 aliphatic rings. The number of benzene rings is 2. The Morgan fingerprint density at radius 3 is 2.52 bits per heavy atom. The molecular weight excluding hydrogens is 362 g/mol. The maximum absolute atomic E-state index is 13.1. The van der Waals surface area contributed by atoms with E-state index in [4.69, 9.17) is 0 Å². The van der Waals surface area contributed by atoms with Crippen molar-refractivity contribution in [3.63, 3.8) is 0 Å². The van der Waals surface area contributed by atoms with Gasteiger partial charge >= 0.3 is 0 Å². The van der Waals surface area contributed by atoms with E-state index in [2.05, 4.69) is 34.5 Å². The zero-order valence-corrected chi connectivity index (χ0v) is 15.8. The molecule has 0 aliphatic carbocycles. The van der Waals surface area contributed by atoms with Crippen molar-refractivity contribution in [2.75, 3.05) is 5.32 Å². The van der Waals surface area contributed by atoms with Gasteiger partial charge in [0.25, 0.3) is 0 Å². The van der Waals surface area contributed by atoms with Crippen LogP contribution in [0.25, 0.3) is 16.6 Å². The highest BCUT2D eigenvalue weighted by Gasteiger charge is 2.27. The number of nitrogens with one attached hydrogen (secondary N) is 1.